The summed E-state index contributed by atoms with van der Waals surface area (Å²) in [6, 6.07) is 16.9. The minimum atomic E-state index is -4.66. The molecule has 9 heteroatoms. The molecule has 0 amide bonds. The van der Waals surface area contributed by atoms with Gasteiger partial charge in [-0.1, -0.05) is 48.5 Å². The van der Waals surface area contributed by atoms with Gasteiger partial charge in [-0.3, -0.25) is 0 Å². The van der Waals surface area contributed by atoms with Crippen LogP contribution in [-0.4, -0.2) is 13.1 Å². The molecular formula is C28H29F7N2. The van der Waals surface area contributed by atoms with Crippen LogP contribution in [0, 0.1) is 5.82 Å². The second-order valence-corrected chi connectivity index (χ2v) is 8.99. The van der Waals surface area contributed by atoms with Crippen LogP contribution < -0.4 is 11.1 Å². The number of hydrogen-bond donors (Lipinski definition) is 2. The number of alkyl halides is 6. The number of halogens is 7. The van der Waals surface area contributed by atoms with Crippen LogP contribution in [0.2, 0.25) is 0 Å². The van der Waals surface area contributed by atoms with Gasteiger partial charge in [-0.15, -0.1) is 0 Å². The Bertz CT molecular complexity index is 1130. The third kappa shape index (κ3) is 9.16. The molecule has 0 atom stereocenters. The maximum atomic E-state index is 13.2. The molecule has 3 N–H and O–H groups in total. The molecule has 2 nitrogen and oxygen atoms in total. The van der Waals surface area contributed by atoms with Crippen LogP contribution in [0.15, 0.2) is 66.7 Å². The molecule has 1 saturated carbocycles. The van der Waals surface area contributed by atoms with Gasteiger partial charge in [0, 0.05) is 6.54 Å². The molecule has 4 rings (SSSR count). The Morgan fingerprint density at radius 3 is 2.00 bits per heavy atom. The van der Waals surface area contributed by atoms with Gasteiger partial charge < -0.3 is 11.1 Å². The van der Waals surface area contributed by atoms with E-state index in [4.69, 9.17) is 5.73 Å². The predicted molar refractivity (Wildman–Crippen MR) is 129 cm³/mol. The maximum absolute atomic E-state index is 13.2. The van der Waals surface area contributed by atoms with Crippen LogP contribution in [0.1, 0.15) is 52.1 Å². The van der Waals surface area contributed by atoms with Gasteiger partial charge in [-0.2, -0.15) is 26.3 Å². The Morgan fingerprint density at radius 1 is 0.757 bits per heavy atom. The van der Waals surface area contributed by atoms with Crippen LogP contribution in [0.5, 0.6) is 0 Å². The van der Waals surface area contributed by atoms with E-state index in [1.54, 1.807) is 6.07 Å². The fourth-order valence-corrected chi connectivity index (χ4v) is 3.80. The van der Waals surface area contributed by atoms with Crippen LogP contribution in [0.3, 0.4) is 0 Å². The van der Waals surface area contributed by atoms with E-state index in [-0.39, 0.29) is 0 Å². The topological polar surface area (TPSA) is 38.0 Å². The van der Waals surface area contributed by atoms with Crippen molar-refractivity contribution in [2.75, 3.05) is 13.1 Å². The molecular weight excluding hydrogens is 497 g/mol. The van der Waals surface area contributed by atoms with E-state index in [1.807, 2.05) is 0 Å². The molecule has 3 aromatic carbocycles. The fourth-order valence-electron chi connectivity index (χ4n) is 3.80. The van der Waals surface area contributed by atoms with E-state index in [1.165, 1.54) is 30.5 Å². The average Bonchev–Trinajstić information content (AvgIpc) is 3.68. The monoisotopic (exact) mass is 526 g/mol. The van der Waals surface area contributed by atoms with E-state index in [0.717, 1.165) is 35.7 Å². The summed E-state index contributed by atoms with van der Waals surface area (Å²) in [5.74, 6) is -0.497. The van der Waals surface area contributed by atoms with Gasteiger partial charge in [0.05, 0.1) is 11.1 Å². The van der Waals surface area contributed by atoms with E-state index >= 15 is 0 Å². The molecule has 0 aliphatic heterocycles. The first kappa shape index (κ1) is 28.7. The van der Waals surface area contributed by atoms with Gasteiger partial charge in [0.2, 0.25) is 0 Å². The van der Waals surface area contributed by atoms with Crippen molar-refractivity contribution in [3.8, 4) is 0 Å². The summed E-state index contributed by atoms with van der Waals surface area (Å²) in [5, 5.41) is 3.21. The van der Waals surface area contributed by atoms with Gasteiger partial charge >= 0.3 is 12.4 Å². The minimum Gasteiger partial charge on any atom is -0.330 e. The first-order valence-electron chi connectivity index (χ1n) is 12.0. The fraction of sp³-hybridized carbons (Fsp3) is 0.357. The first-order chi connectivity index (χ1) is 17.5. The van der Waals surface area contributed by atoms with Crippen LogP contribution in [0.4, 0.5) is 30.7 Å². The highest BCUT2D eigenvalue weighted by Crippen LogP contribution is 2.39. The zero-order valence-electron chi connectivity index (χ0n) is 20.1. The highest BCUT2D eigenvalue weighted by Gasteiger charge is 2.34. The van der Waals surface area contributed by atoms with Gasteiger partial charge in [0.25, 0.3) is 0 Å². The second kappa shape index (κ2) is 12.6. The van der Waals surface area contributed by atoms with E-state index in [2.05, 4.69) is 29.6 Å². The van der Waals surface area contributed by atoms with E-state index < -0.39 is 29.3 Å². The quantitative estimate of drug-likeness (QED) is 0.240. The van der Waals surface area contributed by atoms with Crippen molar-refractivity contribution in [2.24, 2.45) is 5.73 Å². The normalized spacial score (nSPS) is 13.7. The van der Waals surface area contributed by atoms with Crippen molar-refractivity contribution in [3.05, 3.63) is 106 Å². The lowest BCUT2D eigenvalue weighted by atomic mass is 10.1. The summed E-state index contributed by atoms with van der Waals surface area (Å²) >= 11 is 0. The number of rotatable bonds is 8. The Labute approximate surface area is 211 Å². The SMILES string of the molecule is Fc1ccc(CCNCc2ccc(C3CC3)cc2)cc1C(F)(F)F.NCCc1cccc(C(F)(F)F)c1. The van der Waals surface area contributed by atoms with Gasteiger partial charge in [0.15, 0.2) is 0 Å². The highest BCUT2D eigenvalue weighted by molar-refractivity contribution is 5.29. The number of nitrogens with one attached hydrogen (secondary N) is 1. The lowest BCUT2D eigenvalue weighted by molar-refractivity contribution is -0.140. The zero-order valence-corrected chi connectivity index (χ0v) is 20.1. The molecule has 0 unspecified atom stereocenters. The Hall–Kier alpha value is -2.91. The first-order valence-corrected chi connectivity index (χ1v) is 12.0. The van der Waals surface area contributed by atoms with Gasteiger partial charge in [-0.25, -0.2) is 4.39 Å². The molecule has 0 bridgehead atoms. The molecule has 0 spiro atoms. The molecule has 200 valence electrons. The van der Waals surface area contributed by atoms with E-state index in [0.29, 0.717) is 43.6 Å². The lowest BCUT2D eigenvalue weighted by Gasteiger charge is -2.10. The summed E-state index contributed by atoms with van der Waals surface area (Å²) in [6.45, 7) is 1.56. The standard InChI is InChI=1S/C19H19F4N.C9H10F3N/c20-18-8-3-13(11-17(18)19(21,22)23)9-10-24-12-14-1-4-15(5-2-14)16-6-7-16;10-9(11,12)8-3-1-2-7(6-8)4-5-13/h1-5,8,11,16,24H,6-7,9-10,12H2;1-3,6H,4-5,13H2. The third-order valence-corrected chi connectivity index (χ3v) is 5.97. The van der Waals surface area contributed by atoms with Crippen molar-refractivity contribution in [1.29, 1.82) is 0 Å². The number of benzene rings is 3. The summed E-state index contributed by atoms with van der Waals surface area (Å²) in [6.07, 6.45) is -5.47. The van der Waals surface area contributed by atoms with Crippen LogP contribution in [0.25, 0.3) is 0 Å². The molecule has 0 heterocycles. The zero-order chi connectivity index (χ0) is 27.1. The molecule has 1 fully saturated rings. The number of hydrogen-bond acceptors (Lipinski definition) is 2. The summed E-state index contributed by atoms with van der Waals surface area (Å²) in [7, 11) is 0. The highest BCUT2D eigenvalue weighted by atomic mass is 19.4. The summed E-state index contributed by atoms with van der Waals surface area (Å²) in [4.78, 5) is 0. The second-order valence-electron chi connectivity index (χ2n) is 8.99. The molecule has 0 aromatic heterocycles. The van der Waals surface area contributed by atoms with Crippen molar-refractivity contribution in [3.63, 3.8) is 0 Å². The molecule has 0 saturated heterocycles. The van der Waals surface area contributed by atoms with Gasteiger partial charge in [0.1, 0.15) is 5.82 Å². The molecule has 1 aliphatic carbocycles. The van der Waals surface area contributed by atoms with Gasteiger partial charge in [-0.05, 0) is 85.1 Å². The average molecular weight is 527 g/mol. The lowest BCUT2D eigenvalue weighted by Crippen LogP contribution is -2.17. The minimum absolute atomic E-state index is 0.362. The van der Waals surface area contributed by atoms with Crippen molar-refractivity contribution in [1.82, 2.24) is 5.32 Å². The Morgan fingerprint density at radius 2 is 1.41 bits per heavy atom. The molecule has 1 aliphatic rings. The smallest absolute Gasteiger partial charge is 0.330 e. The van der Waals surface area contributed by atoms with Crippen molar-refractivity contribution in [2.45, 2.75) is 50.5 Å². The van der Waals surface area contributed by atoms with Crippen LogP contribution >= 0.6 is 0 Å². The van der Waals surface area contributed by atoms with E-state index in [9.17, 15) is 30.7 Å². The Balaban J connectivity index is 0.000000248. The Kier molecular flexibility index (Phi) is 9.73. The number of nitrogens with two attached hydrogens (primary N) is 1. The summed E-state index contributed by atoms with van der Waals surface area (Å²) < 4.78 is 87.8. The third-order valence-electron chi connectivity index (χ3n) is 5.97. The maximum Gasteiger partial charge on any atom is 0.419 e. The van der Waals surface area contributed by atoms with Crippen LogP contribution in [-0.2, 0) is 31.7 Å². The van der Waals surface area contributed by atoms with Crippen molar-refractivity contribution >= 4 is 0 Å². The summed E-state index contributed by atoms with van der Waals surface area (Å²) in [5.41, 5.74) is 7.05. The predicted octanol–water partition coefficient (Wildman–Crippen LogP) is 7.26. The molecule has 3 aromatic rings. The largest absolute Gasteiger partial charge is 0.419 e. The molecule has 37 heavy (non-hydrogen) atoms. The molecule has 0 radical (unpaired) electrons. The van der Waals surface area contributed by atoms with Crippen molar-refractivity contribution < 1.29 is 30.7 Å².